The first kappa shape index (κ1) is 13.5. The van der Waals surface area contributed by atoms with Crippen molar-refractivity contribution in [3.8, 4) is 0 Å². The average molecular weight is 348 g/mol. The van der Waals surface area contributed by atoms with Crippen LogP contribution in [0.3, 0.4) is 0 Å². The summed E-state index contributed by atoms with van der Waals surface area (Å²) in [5.41, 5.74) is 5.15. The first-order valence-electron chi connectivity index (χ1n) is 6.30. The molecule has 20 heavy (non-hydrogen) atoms. The third-order valence-electron chi connectivity index (χ3n) is 3.31. The molecule has 1 aliphatic heterocycles. The Morgan fingerprint density at radius 3 is 2.55 bits per heavy atom. The van der Waals surface area contributed by atoms with Crippen molar-refractivity contribution in [2.45, 2.75) is 12.6 Å². The van der Waals surface area contributed by atoms with Gasteiger partial charge in [-0.15, -0.1) is 0 Å². The lowest BCUT2D eigenvalue weighted by Gasteiger charge is -2.26. The van der Waals surface area contributed by atoms with Crippen LogP contribution in [-0.2, 0) is 5.66 Å². The highest BCUT2D eigenvalue weighted by atomic mass is 79.9. The molecule has 1 fully saturated rings. The van der Waals surface area contributed by atoms with Crippen LogP contribution in [0.25, 0.3) is 0 Å². The van der Waals surface area contributed by atoms with Crippen LogP contribution in [0.15, 0.2) is 59.1 Å². The normalized spacial score (nSPS) is 21.9. The molecule has 3 rings (SSSR count). The van der Waals surface area contributed by atoms with Gasteiger partial charge >= 0.3 is 0 Å². The van der Waals surface area contributed by atoms with Gasteiger partial charge in [-0.25, -0.2) is 5.01 Å². The second-order valence-electron chi connectivity index (χ2n) is 4.85. The SMILES string of the molecule is CC1(c2cccc(Br)c2)NC(=S)N(c2ccccc2)N1. The number of benzene rings is 2. The summed E-state index contributed by atoms with van der Waals surface area (Å²) >= 11 is 8.95. The largest absolute Gasteiger partial charge is 0.338 e. The number of hydrazine groups is 1. The second kappa shape index (κ2) is 5.16. The van der Waals surface area contributed by atoms with E-state index < -0.39 is 5.66 Å². The molecule has 1 atom stereocenters. The molecule has 0 spiro atoms. The topological polar surface area (TPSA) is 27.3 Å². The monoisotopic (exact) mass is 347 g/mol. The maximum Gasteiger partial charge on any atom is 0.190 e. The van der Waals surface area contributed by atoms with Gasteiger partial charge in [0, 0.05) is 4.47 Å². The van der Waals surface area contributed by atoms with Crippen molar-refractivity contribution in [1.82, 2.24) is 10.7 Å². The number of rotatable bonds is 2. The molecule has 1 unspecified atom stereocenters. The highest BCUT2D eigenvalue weighted by Gasteiger charge is 2.38. The molecule has 5 heteroatoms. The Hall–Kier alpha value is -1.43. The number of para-hydroxylation sites is 1. The van der Waals surface area contributed by atoms with Gasteiger partial charge in [0.15, 0.2) is 5.11 Å². The number of nitrogens with one attached hydrogen (secondary N) is 2. The lowest BCUT2D eigenvalue weighted by molar-refractivity contribution is 0.389. The minimum absolute atomic E-state index is 0.420. The summed E-state index contributed by atoms with van der Waals surface area (Å²) in [4.78, 5) is 0. The van der Waals surface area contributed by atoms with E-state index in [1.165, 1.54) is 0 Å². The van der Waals surface area contributed by atoms with Crippen molar-refractivity contribution in [3.05, 3.63) is 64.6 Å². The molecular formula is C15H14BrN3S. The van der Waals surface area contributed by atoms with E-state index in [0.717, 1.165) is 15.7 Å². The predicted octanol–water partition coefficient (Wildman–Crippen LogP) is 3.52. The predicted molar refractivity (Wildman–Crippen MR) is 89.3 cm³/mol. The summed E-state index contributed by atoms with van der Waals surface area (Å²) in [7, 11) is 0. The Bertz CT molecular complexity index is 647. The molecule has 1 heterocycles. The molecule has 0 aromatic heterocycles. The maximum absolute atomic E-state index is 5.44. The fourth-order valence-electron chi connectivity index (χ4n) is 2.27. The lowest BCUT2D eigenvalue weighted by Crippen LogP contribution is -2.45. The second-order valence-corrected chi connectivity index (χ2v) is 6.15. The molecule has 2 N–H and O–H groups in total. The minimum atomic E-state index is -0.420. The molecule has 102 valence electrons. The van der Waals surface area contributed by atoms with Crippen LogP contribution in [0.4, 0.5) is 5.69 Å². The first-order chi connectivity index (χ1) is 9.58. The van der Waals surface area contributed by atoms with E-state index >= 15 is 0 Å². The zero-order valence-corrected chi connectivity index (χ0v) is 13.3. The lowest BCUT2D eigenvalue weighted by atomic mass is 10.0. The zero-order chi connectivity index (χ0) is 14.2. The number of nitrogens with zero attached hydrogens (tertiary/aromatic N) is 1. The summed E-state index contributed by atoms with van der Waals surface area (Å²) in [6.07, 6.45) is 0. The van der Waals surface area contributed by atoms with Gasteiger partial charge in [0.05, 0.1) is 5.69 Å². The fourth-order valence-corrected chi connectivity index (χ4v) is 3.02. The average Bonchev–Trinajstić information content (AvgIpc) is 2.77. The van der Waals surface area contributed by atoms with Gasteiger partial charge in [-0.05, 0) is 49.0 Å². The molecule has 2 aromatic carbocycles. The molecular weight excluding hydrogens is 334 g/mol. The van der Waals surface area contributed by atoms with Crippen LogP contribution >= 0.6 is 28.1 Å². The van der Waals surface area contributed by atoms with Crippen LogP contribution in [-0.4, -0.2) is 5.11 Å². The molecule has 0 radical (unpaired) electrons. The zero-order valence-electron chi connectivity index (χ0n) is 10.9. The summed E-state index contributed by atoms with van der Waals surface area (Å²) < 4.78 is 1.05. The molecule has 0 saturated carbocycles. The van der Waals surface area contributed by atoms with Crippen LogP contribution in [0.2, 0.25) is 0 Å². The molecule has 0 bridgehead atoms. The van der Waals surface area contributed by atoms with Gasteiger partial charge in [-0.1, -0.05) is 46.3 Å². The molecule has 0 aliphatic carbocycles. The van der Waals surface area contributed by atoms with E-state index in [2.05, 4.69) is 45.7 Å². The van der Waals surface area contributed by atoms with Crippen LogP contribution < -0.4 is 15.8 Å². The van der Waals surface area contributed by atoms with Gasteiger partial charge in [-0.3, -0.25) is 0 Å². The third kappa shape index (κ3) is 2.44. The van der Waals surface area contributed by atoms with Gasteiger partial charge < -0.3 is 5.32 Å². The van der Waals surface area contributed by atoms with Crippen LogP contribution in [0.5, 0.6) is 0 Å². The summed E-state index contributed by atoms with van der Waals surface area (Å²) in [5, 5.41) is 5.91. The number of hydrogen-bond acceptors (Lipinski definition) is 2. The highest BCUT2D eigenvalue weighted by molar-refractivity contribution is 9.10. The van der Waals surface area contributed by atoms with E-state index in [9.17, 15) is 0 Å². The van der Waals surface area contributed by atoms with Crippen molar-refractivity contribution in [3.63, 3.8) is 0 Å². The van der Waals surface area contributed by atoms with Gasteiger partial charge in [0.2, 0.25) is 0 Å². The van der Waals surface area contributed by atoms with Crippen LogP contribution in [0.1, 0.15) is 12.5 Å². The van der Waals surface area contributed by atoms with Crippen molar-refractivity contribution < 1.29 is 0 Å². The van der Waals surface area contributed by atoms with Crippen molar-refractivity contribution in [2.75, 3.05) is 5.01 Å². The highest BCUT2D eigenvalue weighted by Crippen LogP contribution is 2.27. The number of hydrogen-bond donors (Lipinski definition) is 2. The Kier molecular flexibility index (Phi) is 3.50. The molecule has 3 nitrogen and oxygen atoms in total. The quantitative estimate of drug-likeness (QED) is 0.812. The standard InChI is InChI=1S/C15H14BrN3S/c1-15(11-6-5-7-12(16)10-11)17-14(20)19(18-15)13-8-3-2-4-9-13/h2-10,18H,1H3,(H,17,20). The van der Waals surface area contributed by atoms with Crippen molar-refractivity contribution >= 4 is 38.9 Å². The van der Waals surface area contributed by atoms with Gasteiger partial charge in [0.1, 0.15) is 5.66 Å². The Morgan fingerprint density at radius 1 is 1.10 bits per heavy atom. The molecule has 2 aromatic rings. The van der Waals surface area contributed by atoms with Crippen LogP contribution in [0, 0.1) is 0 Å². The van der Waals surface area contributed by atoms with E-state index in [1.54, 1.807) is 0 Å². The van der Waals surface area contributed by atoms with E-state index in [1.807, 2.05) is 47.5 Å². The Labute approximate surface area is 132 Å². The van der Waals surface area contributed by atoms with Crippen molar-refractivity contribution in [1.29, 1.82) is 0 Å². The van der Waals surface area contributed by atoms with Gasteiger partial charge in [-0.2, -0.15) is 5.43 Å². The number of halogens is 1. The molecule has 1 saturated heterocycles. The summed E-state index contributed by atoms with van der Waals surface area (Å²) in [6, 6.07) is 18.2. The Balaban J connectivity index is 1.93. The molecule has 0 amide bonds. The first-order valence-corrected chi connectivity index (χ1v) is 7.50. The third-order valence-corrected chi connectivity index (χ3v) is 4.09. The molecule has 1 aliphatic rings. The number of anilines is 1. The van der Waals surface area contributed by atoms with E-state index in [0.29, 0.717) is 5.11 Å². The summed E-state index contributed by atoms with van der Waals surface area (Å²) in [6.45, 7) is 2.07. The van der Waals surface area contributed by atoms with E-state index in [-0.39, 0.29) is 0 Å². The Morgan fingerprint density at radius 2 is 1.85 bits per heavy atom. The number of thiocarbonyl (C=S) groups is 1. The smallest absolute Gasteiger partial charge is 0.190 e. The maximum atomic E-state index is 5.44. The van der Waals surface area contributed by atoms with E-state index in [4.69, 9.17) is 12.2 Å². The summed E-state index contributed by atoms with van der Waals surface area (Å²) in [5.74, 6) is 0. The van der Waals surface area contributed by atoms with Crippen molar-refractivity contribution in [2.24, 2.45) is 0 Å². The minimum Gasteiger partial charge on any atom is -0.338 e. The van der Waals surface area contributed by atoms with Gasteiger partial charge in [0.25, 0.3) is 0 Å². The fraction of sp³-hybridized carbons (Fsp3) is 0.133.